The number of carbonyl (C=O) groups is 2. The van der Waals surface area contributed by atoms with Crippen LogP contribution in [0.3, 0.4) is 0 Å². The minimum Gasteiger partial charge on any atom is -0.354 e. The Morgan fingerprint density at radius 3 is 2.37 bits per heavy atom. The lowest BCUT2D eigenvalue weighted by atomic mass is 9.86. The molecule has 1 saturated carbocycles. The molecule has 2 N–H and O–H groups in total. The van der Waals surface area contributed by atoms with Crippen LogP contribution in [0.5, 0.6) is 0 Å². The minimum atomic E-state index is -0.276. The molecule has 0 radical (unpaired) electrons. The summed E-state index contributed by atoms with van der Waals surface area (Å²) in [5.41, 5.74) is 3.88. The van der Waals surface area contributed by atoms with Gasteiger partial charge in [0.25, 0.3) is 11.8 Å². The number of nitrogens with one attached hydrogen (secondary N) is 2. The van der Waals surface area contributed by atoms with Gasteiger partial charge >= 0.3 is 5.69 Å². The maximum absolute atomic E-state index is 13.7. The fraction of sp³-hybridized carbons (Fsp3) is 0.323. The highest BCUT2D eigenvalue weighted by molar-refractivity contribution is 6.05. The molecular formula is C31H33N7O3. The monoisotopic (exact) mass is 551 g/mol. The molecule has 0 aliphatic heterocycles. The third-order valence-corrected chi connectivity index (χ3v) is 8.08. The zero-order valence-corrected chi connectivity index (χ0v) is 23.2. The van der Waals surface area contributed by atoms with E-state index in [0.29, 0.717) is 36.1 Å². The van der Waals surface area contributed by atoms with E-state index in [0.717, 1.165) is 47.6 Å². The number of hydrogen-bond donors (Lipinski definition) is 2. The van der Waals surface area contributed by atoms with Crippen LogP contribution in [0.2, 0.25) is 0 Å². The van der Waals surface area contributed by atoms with E-state index in [2.05, 4.69) is 20.7 Å². The van der Waals surface area contributed by atoms with Gasteiger partial charge in [-0.05, 0) is 68.9 Å². The summed E-state index contributed by atoms with van der Waals surface area (Å²) >= 11 is 0. The van der Waals surface area contributed by atoms with Crippen LogP contribution in [0.15, 0.2) is 71.7 Å². The zero-order valence-electron chi connectivity index (χ0n) is 23.2. The summed E-state index contributed by atoms with van der Waals surface area (Å²) in [4.78, 5) is 43.2. The summed E-state index contributed by atoms with van der Waals surface area (Å²) in [6, 6.07) is 18.9. The molecule has 41 heavy (non-hydrogen) atoms. The van der Waals surface area contributed by atoms with Gasteiger partial charge in [0.2, 0.25) is 0 Å². The molecule has 1 aliphatic carbocycles. The zero-order chi connectivity index (χ0) is 28.5. The summed E-state index contributed by atoms with van der Waals surface area (Å²) in [7, 11) is 1.56. The maximum atomic E-state index is 13.7. The predicted molar refractivity (Wildman–Crippen MR) is 157 cm³/mol. The van der Waals surface area contributed by atoms with Crippen molar-refractivity contribution in [2.45, 2.75) is 51.7 Å². The van der Waals surface area contributed by atoms with Gasteiger partial charge in [0.15, 0.2) is 0 Å². The Balaban J connectivity index is 1.17. The molecule has 0 bridgehead atoms. The summed E-state index contributed by atoms with van der Waals surface area (Å²) in [5.74, 6) is -0.0438. The third kappa shape index (κ3) is 4.90. The second kappa shape index (κ2) is 11.0. The number of carbonyl (C=O) groups excluding carboxylic acids is 2. The van der Waals surface area contributed by atoms with E-state index in [1.54, 1.807) is 34.6 Å². The van der Waals surface area contributed by atoms with Gasteiger partial charge in [-0.1, -0.05) is 30.3 Å². The van der Waals surface area contributed by atoms with Crippen molar-refractivity contribution in [1.82, 2.24) is 34.5 Å². The average molecular weight is 552 g/mol. The molecule has 210 valence electrons. The largest absolute Gasteiger partial charge is 0.354 e. The molecule has 6 rings (SSSR count). The maximum Gasteiger partial charge on any atom is 0.333 e. The summed E-state index contributed by atoms with van der Waals surface area (Å²) in [5, 5.41) is 11.3. The van der Waals surface area contributed by atoms with Gasteiger partial charge in [-0.15, -0.1) is 0 Å². The van der Waals surface area contributed by atoms with Gasteiger partial charge in [0.1, 0.15) is 11.4 Å². The van der Waals surface area contributed by atoms with Crippen molar-refractivity contribution in [3.63, 3.8) is 0 Å². The number of nitrogens with zero attached hydrogens (tertiary/aromatic N) is 5. The first-order valence-corrected chi connectivity index (χ1v) is 14.1. The summed E-state index contributed by atoms with van der Waals surface area (Å²) in [6.45, 7) is 3.22. The predicted octanol–water partition coefficient (Wildman–Crippen LogP) is 3.91. The molecule has 1 aliphatic rings. The van der Waals surface area contributed by atoms with E-state index < -0.39 is 0 Å². The van der Waals surface area contributed by atoms with Crippen LogP contribution in [0, 0.1) is 5.92 Å². The molecule has 3 heterocycles. The van der Waals surface area contributed by atoms with Gasteiger partial charge in [-0.25, -0.2) is 9.78 Å². The topological polar surface area (TPSA) is 116 Å². The van der Waals surface area contributed by atoms with Gasteiger partial charge < -0.3 is 10.6 Å². The molecule has 2 aromatic carbocycles. The van der Waals surface area contributed by atoms with Crippen molar-refractivity contribution >= 4 is 33.8 Å². The standard InChI is InChI=1S/C31H33N7O3/c1-3-37-28(23-8-4-5-9-24(23)35-37)30(40)34-21-14-12-20(13-15-21)19-36-26-10-6-7-11-27(26)38(31(36)41)22-16-17-25(33-18-22)29(39)32-2/h4-11,16-18,20-21H,3,12-15,19H2,1-2H3,(H,32,39)(H,34,40)/t20-,21-. The number of amides is 2. The number of rotatable bonds is 7. The third-order valence-electron chi connectivity index (χ3n) is 8.08. The number of imidazole rings is 1. The fourth-order valence-corrected chi connectivity index (χ4v) is 5.96. The molecule has 10 heteroatoms. The number of pyridine rings is 1. The number of fused-ring (bicyclic) bond motifs is 2. The minimum absolute atomic E-state index is 0.0839. The first-order valence-electron chi connectivity index (χ1n) is 14.1. The summed E-state index contributed by atoms with van der Waals surface area (Å²) < 4.78 is 5.27. The first-order chi connectivity index (χ1) is 20.0. The molecule has 0 unspecified atom stereocenters. The van der Waals surface area contributed by atoms with E-state index in [9.17, 15) is 14.4 Å². The van der Waals surface area contributed by atoms with Crippen LogP contribution in [0.25, 0.3) is 27.6 Å². The molecular weight excluding hydrogens is 518 g/mol. The average Bonchev–Trinajstić information content (AvgIpc) is 3.52. The van der Waals surface area contributed by atoms with Crippen molar-refractivity contribution in [3.05, 3.63) is 88.7 Å². The number of benzene rings is 2. The molecule has 1 fully saturated rings. The van der Waals surface area contributed by atoms with Crippen molar-refractivity contribution in [2.75, 3.05) is 7.05 Å². The number of aryl methyl sites for hydroxylation is 1. The van der Waals surface area contributed by atoms with Crippen molar-refractivity contribution in [3.8, 4) is 5.69 Å². The highest BCUT2D eigenvalue weighted by Gasteiger charge is 2.27. The van der Waals surface area contributed by atoms with E-state index in [-0.39, 0.29) is 23.5 Å². The van der Waals surface area contributed by atoms with Gasteiger partial charge in [-0.2, -0.15) is 5.10 Å². The van der Waals surface area contributed by atoms with Crippen LogP contribution in [-0.2, 0) is 13.1 Å². The lowest BCUT2D eigenvalue weighted by Crippen LogP contribution is -2.39. The van der Waals surface area contributed by atoms with E-state index in [1.165, 1.54) is 0 Å². The Hall–Kier alpha value is -4.73. The number of aromatic nitrogens is 5. The number of hydrogen-bond acceptors (Lipinski definition) is 5. The van der Waals surface area contributed by atoms with E-state index in [1.807, 2.05) is 60.0 Å². The highest BCUT2D eigenvalue weighted by Crippen LogP contribution is 2.28. The first kappa shape index (κ1) is 26.5. The van der Waals surface area contributed by atoms with Crippen LogP contribution in [0.4, 0.5) is 0 Å². The Labute approximate surface area is 237 Å². The normalized spacial score (nSPS) is 17.1. The lowest BCUT2D eigenvalue weighted by Gasteiger charge is -2.29. The van der Waals surface area contributed by atoms with Crippen molar-refractivity contribution in [2.24, 2.45) is 5.92 Å². The van der Waals surface area contributed by atoms with Gasteiger partial charge in [-0.3, -0.25) is 23.4 Å². The van der Waals surface area contributed by atoms with Crippen LogP contribution < -0.4 is 16.3 Å². The van der Waals surface area contributed by atoms with Crippen LogP contribution in [0.1, 0.15) is 53.6 Å². The summed E-state index contributed by atoms with van der Waals surface area (Å²) in [6.07, 6.45) is 5.09. The van der Waals surface area contributed by atoms with Gasteiger partial charge in [0.05, 0.1) is 28.4 Å². The molecule has 10 nitrogen and oxygen atoms in total. The molecule has 0 saturated heterocycles. The molecule has 5 aromatic rings. The van der Waals surface area contributed by atoms with E-state index >= 15 is 0 Å². The Bertz CT molecular complexity index is 1790. The second-order valence-electron chi connectivity index (χ2n) is 10.6. The van der Waals surface area contributed by atoms with Crippen LogP contribution in [-0.4, -0.2) is 48.8 Å². The van der Waals surface area contributed by atoms with E-state index in [4.69, 9.17) is 0 Å². The lowest BCUT2D eigenvalue weighted by molar-refractivity contribution is 0.0910. The number of para-hydroxylation sites is 2. The van der Waals surface area contributed by atoms with Crippen molar-refractivity contribution in [1.29, 1.82) is 0 Å². The fourth-order valence-electron chi connectivity index (χ4n) is 5.96. The van der Waals surface area contributed by atoms with Crippen LogP contribution >= 0.6 is 0 Å². The van der Waals surface area contributed by atoms with Crippen molar-refractivity contribution < 1.29 is 9.59 Å². The highest BCUT2D eigenvalue weighted by atomic mass is 16.2. The molecule has 0 spiro atoms. The Morgan fingerprint density at radius 2 is 1.66 bits per heavy atom. The molecule has 2 amide bonds. The Kier molecular flexibility index (Phi) is 7.13. The van der Waals surface area contributed by atoms with Gasteiger partial charge in [0, 0.05) is 31.6 Å². The quantitative estimate of drug-likeness (QED) is 0.318. The smallest absolute Gasteiger partial charge is 0.333 e. The second-order valence-corrected chi connectivity index (χ2v) is 10.6. The SMILES string of the molecule is CCn1nc2ccccc2c1C(=O)N[C@H]1CC[C@H](Cn2c(=O)n(-c3ccc(C(=O)NC)nc3)c3ccccc32)CC1. The molecule has 3 aromatic heterocycles. The molecule has 0 atom stereocenters. The Morgan fingerprint density at radius 1 is 0.927 bits per heavy atom.